The third-order valence-electron chi connectivity index (χ3n) is 8.26. The van der Waals surface area contributed by atoms with E-state index in [-0.39, 0.29) is 16.9 Å². The van der Waals surface area contributed by atoms with Crippen LogP contribution in [-0.4, -0.2) is 46.8 Å². The number of carbonyl (C=O) groups excluding carboxylic acids is 1. The SMILES string of the molecule is CCC1(c2cccc(F)c2)CCC(CN(C)c2cc(C(F)(F)P)nn2C)(N(C=O)CC2CC2)CC1. The number of nitrogens with zero attached hydrogens (tertiary/aromatic N) is 4. The minimum absolute atomic E-state index is 0.139. The lowest BCUT2D eigenvalue weighted by molar-refractivity contribution is -0.126. The molecule has 1 atom stereocenters. The maximum Gasteiger partial charge on any atom is 0.302 e. The van der Waals surface area contributed by atoms with Gasteiger partial charge in [0.1, 0.15) is 17.3 Å². The van der Waals surface area contributed by atoms with Gasteiger partial charge in [-0.15, -0.1) is 0 Å². The average molecular weight is 509 g/mol. The van der Waals surface area contributed by atoms with E-state index in [9.17, 15) is 18.0 Å². The van der Waals surface area contributed by atoms with E-state index in [2.05, 4.69) is 12.0 Å². The van der Waals surface area contributed by atoms with Crippen LogP contribution in [0.25, 0.3) is 0 Å². The first-order valence-corrected chi connectivity index (χ1v) is 13.0. The van der Waals surface area contributed by atoms with E-state index in [1.165, 1.54) is 26.1 Å². The van der Waals surface area contributed by atoms with Crippen LogP contribution in [0.5, 0.6) is 0 Å². The summed E-state index contributed by atoms with van der Waals surface area (Å²) in [5.74, 6) is 0.881. The fraction of sp³-hybridized carbons (Fsp3) is 0.615. The van der Waals surface area contributed by atoms with Crippen LogP contribution in [0.15, 0.2) is 30.3 Å². The number of anilines is 1. The second kappa shape index (κ2) is 9.76. The number of likely N-dealkylation sites (N-methyl/N-ethyl adjacent to an activating group) is 1. The summed E-state index contributed by atoms with van der Waals surface area (Å²) in [6.07, 6.45) is 7.31. The van der Waals surface area contributed by atoms with Gasteiger partial charge in [0.05, 0.1) is 5.54 Å². The van der Waals surface area contributed by atoms with Crippen LogP contribution in [0, 0.1) is 11.7 Å². The third kappa shape index (κ3) is 5.37. The first-order valence-electron chi connectivity index (χ1n) is 12.4. The van der Waals surface area contributed by atoms with E-state index in [1.807, 2.05) is 22.9 Å². The van der Waals surface area contributed by atoms with Crippen LogP contribution < -0.4 is 4.90 Å². The molecule has 2 saturated carbocycles. The molecule has 0 aliphatic heterocycles. The molecule has 9 heteroatoms. The molecule has 2 aromatic rings. The largest absolute Gasteiger partial charge is 0.358 e. The number of aromatic nitrogens is 2. The predicted octanol–water partition coefficient (Wildman–Crippen LogP) is 5.45. The zero-order valence-corrected chi connectivity index (χ0v) is 22.0. The van der Waals surface area contributed by atoms with Crippen molar-refractivity contribution in [3.05, 3.63) is 47.4 Å². The van der Waals surface area contributed by atoms with Gasteiger partial charge in [-0.05, 0) is 74.0 Å². The number of halogens is 3. The highest BCUT2D eigenvalue weighted by molar-refractivity contribution is 7.17. The molecule has 0 N–H and O–H groups in total. The Hall–Kier alpha value is -2.08. The highest BCUT2D eigenvalue weighted by atomic mass is 31.0. The summed E-state index contributed by atoms with van der Waals surface area (Å²) < 4.78 is 43.3. The Bertz CT molecular complexity index is 1040. The first kappa shape index (κ1) is 26.0. The van der Waals surface area contributed by atoms with Gasteiger partial charge in [-0.2, -0.15) is 13.9 Å². The molecule has 5 nitrogen and oxygen atoms in total. The highest BCUT2D eigenvalue weighted by Crippen LogP contribution is 2.48. The molecule has 192 valence electrons. The molecule has 0 radical (unpaired) electrons. The minimum atomic E-state index is -3.11. The van der Waals surface area contributed by atoms with Crippen molar-refractivity contribution in [2.75, 3.05) is 25.0 Å². The van der Waals surface area contributed by atoms with Crippen molar-refractivity contribution in [1.82, 2.24) is 14.7 Å². The summed E-state index contributed by atoms with van der Waals surface area (Å²) in [4.78, 5) is 16.3. The number of carbonyl (C=O) groups is 1. The van der Waals surface area contributed by atoms with Crippen LogP contribution in [0.4, 0.5) is 19.0 Å². The molecule has 35 heavy (non-hydrogen) atoms. The molecular formula is C26H36F3N4OP. The van der Waals surface area contributed by atoms with Crippen molar-refractivity contribution >= 4 is 21.5 Å². The van der Waals surface area contributed by atoms with Gasteiger partial charge in [0.25, 0.3) is 0 Å². The molecule has 1 unspecified atom stereocenters. The Balaban J connectivity index is 1.62. The zero-order chi connectivity index (χ0) is 25.4. The lowest BCUT2D eigenvalue weighted by Crippen LogP contribution is -2.59. The lowest BCUT2D eigenvalue weighted by atomic mass is 9.62. The minimum Gasteiger partial charge on any atom is -0.358 e. The number of rotatable bonds is 10. The van der Waals surface area contributed by atoms with E-state index in [0.29, 0.717) is 18.3 Å². The van der Waals surface area contributed by atoms with Crippen LogP contribution >= 0.6 is 9.24 Å². The van der Waals surface area contributed by atoms with E-state index in [1.54, 1.807) is 19.2 Å². The van der Waals surface area contributed by atoms with Crippen molar-refractivity contribution in [3.63, 3.8) is 0 Å². The summed E-state index contributed by atoms with van der Waals surface area (Å²) in [5, 5.41) is 4.01. The topological polar surface area (TPSA) is 41.4 Å². The van der Waals surface area contributed by atoms with Gasteiger partial charge in [0, 0.05) is 33.3 Å². The number of benzene rings is 1. The molecule has 0 spiro atoms. The van der Waals surface area contributed by atoms with Crippen LogP contribution in [0.3, 0.4) is 0 Å². The average Bonchev–Trinajstić information content (AvgIpc) is 3.55. The highest BCUT2D eigenvalue weighted by Gasteiger charge is 2.47. The Morgan fingerprint density at radius 3 is 2.43 bits per heavy atom. The lowest BCUT2D eigenvalue weighted by Gasteiger charge is -2.52. The van der Waals surface area contributed by atoms with Crippen LogP contribution in [0.1, 0.15) is 63.1 Å². The summed E-state index contributed by atoms with van der Waals surface area (Å²) in [6.45, 7) is 3.38. The molecule has 2 aliphatic carbocycles. The normalized spacial score (nSPS) is 24.9. The summed E-state index contributed by atoms with van der Waals surface area (Å²) in [5.41, 5.74) is -2.96. The van der Waals surface area contributed by atoms with Crippen LogP contribution in [-0.2, 0) is 22.9 Å². The number of alkyl halides is 2. The summed E-state index contributed by atoms with van der Waals surface area (Å²) in [7, 11) is 5.07. The Morgan fingerprint density at radius 2 is 1.91 bits per heavy atom. The van der Waals surface area contributed by atoms with Gasteiger partial charge in [0.15, 0.2) is 0 Å². The fourth-order valence-electron chi connectivity index (χ4n) is 5.82. The summed E-state index contributed by atoms with van der Waals surface area (Å²) in [6, 6.07) is 8.31. The molecule has 4 rings (SSSR count). The molecule has 2 fully saturated rings. The molecule has 1 aromatic carbocycles. The van der Waals surface area contributed by atoms with E-state index in [0.717, 1.165) is 63.5 Å². The Kier molecular flexibility index (Phi) is 7.25. The van der Waals surface area contributed by atoms with Crippen molar-refractivity contribution in [1.29, 1.82) is 0 Å². The molecule has 2 aliphatic rings. The smallest absolute Gasteiger partial charge is 0.302 e. The predicted molar refractivity (Wildman–Crippen MR) is 135 cm³/mol. The van der Waals surface area contributed by atoms with Gasteiger partial charge < -0.3 is 9.80 Å². The Morgan fingerprint density at radius 1 is 1.23 bits per heavy atom. The molecule has 1 aromatic heterocycles. The van der Waals surface area contributed by atoms with E-state index in [4.69, 9.17) is 0 Å². The van der Waals surface area contributed by atoms with Crippen molar-refractivity contribution in [2.24, 2.45) is 13.0 Å². The number of hydrogen-bond acceptors (Lipinski definition) is 3. The molecule has 1 amide bonds. The number of aryl methyl sites for hydroxylation is 1. The van der Waals surface area contributed by atoms with Gasteiger partial charge in [-0.1, -0.05) is 28.3 Å². The van der Waals surface area contributed by atoms with Gasteiger partial charge in [-0.3, -0.25) is 9.48 Å². The van der Waals surface area contributed by atoms with Crippen molar-refractivity contribution < 1.29 is 18.0 Å². The second-order valence-corrected chi connectivity index (χ2v) is 11.3. The van der Waals surface area contributed by atoms with Gasteiger partial charge in [0.2, 0.25) is 6.41 Å². The molecule has 0 bridgehead atoms. The summed E-state index contributed by atoms with van der Waals surface area (Å²) >= 11 is 0. The number of amides is 1. The fourth-order valence-corrected chi connectivity index (χ4v) is 5.96. The quantitative estimate of drug-likeness (QED) is 0.317. The van der Waals surface area contributed by atoms with Crippen molar-refractivity contribution in [2.45, 2.75) is 68.5 Å². The molecular weight excluding hydrogens is 472 g/mol. The third-order valence-corrected chi connectivity index (χ3v) is 8.55. The van der Waals surface area contributed by atoms with Crippen molar-refractivity contribution in [3.8, 4) is 0 Å². The van der Waals surface area contributed by atoms with Gasteiger partial charge in [-0.25, -0.2) is 4.39 Å². The standard InChI is InChI=1S/C26H36F3N4OP/c1-4-24(20-6-5-7-21(27)14-20)10-12-25(13-11-24,33(18-34)16-19-8-9-19)17-31(2)23-15-22(26(28,29)35)30-32(23)3/h5-7,14-15,18-19H,4,8-13,16-17,35H2,1-3H3. The molecule has 0 saturated heterocycles. The monoisotopic (exact) mass is 508 g/mol. The van der Waals surface area contributed by atoms with E-state index < -0.39 is 11.2 Å². The maximum absolute atomic E-state index is 14.1. The molecule has 1 heterocycles. The first-order chi connectivity index (χ1) is 16.5. The van der Waals surface area contributed by atoms with E-state index >= 15 is 0 Å². The van der Waals surface area contributed by atoms with Crippen LogP contribution in [0.2, 0.25) is 0 Å². The second-order valence-electron chi connectivity index (χ2n) is 10.6. The maximum atomic E-state index is 14.1. The number of hydrogen-bond donors (Lipinski definition) is 0. The zero-order valence-electron chi connectivity index (χ0n) is 20.8. The Labute approximate surface area is 208 Å². The van der Waals surface area contributed by atoms with Gasteiger partial charge >= 0.3 is 5.66 Å².